The second-order valence-electron chi connectivity index (χ2n) is 9.29. The highest BCUT2D eigenvalue weighted by molar-refractivity contribution is 6.00. The quantitative estimate of drug-likeness (QED) is 0.381. The highest BCUT2D eigenvalue weighted by atomic mass is 16.5. The Morgan fingerprint density at radius 3 is 2.15 bits per heavy atom. The van der Waals surface area contributed by atoms with Crippen LogP contribution in [0.15, 0.2) is 66.7 Å². The van der Waals surface area contributed by atoms with Gasteiger partial charge in [0.25, 0.3) is 5.91 Å². The molecule has 0 bridgehead atoms. The number of hydrogen-bond donors (Lipinski definition) is 2. The molecule has 39 heavy (non-hydrogen) atoms. The van der Waals surface area contributed by atoms with Crippen LogP contribution in [-0.4, -0.2) is 74.3 Å². The van der Waals surface area contributed by atoms with Gasteiger partial charge in [0.1, 0.15) is 11.6 Å². The summed E-state index contributed by atoms with van der Waals surface area (Å²) < 4.78 is 10.9. The maximum absolute atomic E-state index is 12.5. The number of urea groups is 1. The molecule has 0 spiro atoms. The van der Waals surface area contributed by atoms with E-state index < -0.39 is 6.03 Å². The normalized spacial score (nSPS) is 13.2. The van der Waals surface area contributed by atoms with E-state index in [-0.39, 0.29) is 5.91 Å². The molecule has 0 atom stereocenters. The summed E-state index contributed by atoms with van der Waals surface area (Å²) in [5.74, 6) is 2.07. The molecule has 0 unspecified atom stereocenters. The summed E-state index contributed by atoms with van der Waals surface area (Å²) in [7, 11) is 5.02. The number of rotatable bonds is 6. The fourth-order valence-corrected chi connectivity index (χ4v) is 4.32. The van der Waals surface area contributed by atoms with Gasteiger partial charge in [0, 0.05) is 61.1 Å². The zero-order valence-electron chi connectivity index (χ0n) is 22.1. The van der Waals surface area contributed by atoms with E-state index in [4.69, 9.17) is 19.4 Å². The van der Waals surface area contributed by atoms with Crippen LogP contribution in [0.5, 0.6) is 5.75 Å². The van der Waals surface area contributed by atoms with Crippen molar-refractivity contribution in [1.82, 2.24) is 14.9 Å². The molecule has 1 fully saturated rings. The number of morpholine rings is 1. The van der Waals surface area contributed by atoms with Crippen molar-refractivity contribution in [3.63, 3.8) is 0 Å². The van der Waals surface area contributed by atoms with Crippen molar-refractivity contribution < 1.29 is 19.1 Å². The van der Waals surface area contributed by atoms with Gasteiger partial charge in [-0.2, -0.15) is 0 Å². The molecule has 5 rings (SSSR count). The summed E-state index contributed by atoms with van der Waals surface area (Å²) in [5, 5.41) is 6.56. The predicted molar refractivity (Wildman–Crippen MR) is 152 cm³/mol. The number of carbonyl (C=O) groups is 2. The Balaban J connectivity index is 1.33. The van der Waals surface area contributed by atoms with E-state index in [1.165, 1.54) is 4.90 Å². The van der Waals surface area contributed by atoms with Gasteiger partial charge in [-0.25, -0.2) is 14.8 Å². The van der Waals surface area contributed by atoms with Gasteiger partial charge in [-0.1, -0.05) is 0 Å². The highest BCUT2D eigenvalue weighted by Gasteiger charge is 2.18. The lowest BCUT2D eigenvalue weighted by Crippen LogP contribution is -2.37. The first-order valence-corrected chi connectivity index (χ1v) is 12.6. The van der Waals surface area contributed by atoms with Crippen LogP contribution >= 0.6 is 0 Å². The first-order chi connectivity index (χ1) is 18.9. The topological polar surface area (TPSA) is 109 Å². The monoisotopic (exact) mass is 526 g/mol. The average Bonchev–Trinajstić information content (AvgIpc) is 2.97. The first kappa shape index (κ1) is 25.9. The summed E-state index contributed by atoms with van der Waals surface area (Å²) in [6, 6.07) is 19.5. The Labute approximate surface area is 226 Å². The van der Waals surface area contributed by atoms with E-state index in [1.54, 1.807) is 57.6 Å². The van der Waals surface area contributed by atoms with Crippen LogP contribution in [0.2, 0.25) is 0 Å². The molecule has 0 radical (unpaired) electrons. The Hall–Kier alpha value is -4.70. The molecule has 4 aromatic rings. The van der Waals surface area contributed by atoms with Gasteiger partial charge in [-0.3, -0.25) is 4.79 Å². The Morgan fingerprint density at radius 2 is 1.54 bits per heavy atom. The van der Waals surface area contributed by atoms with Crippen LogP contribution in [0, 0.1) is 0 Å². The molecule has 1 saturated heterocycles. The highest BCUT2D eigenvalue weighted by Crippen LogP contribution is 2.31. The van der Waals surface area contributed by atoms with Crippen molar-refractivity contribution in [3.05, 3.63) is 72.3 Å². The third-order valence-corrected chi connectivity index (χ3v) is 6.39. The van der Waals surface area contributed by atoms with E-state index in [0.717, 1.165) is 41.1 Å². The van der Waals surface area contributed by atoms with Gasteiger partial charge in [0.2, 0.25) is 0 Å². The van der Waals surface area contributed by atoms with E-state index in [9.17, 15) is 9.59 Å². The van der Waals surface area contributed by atoms with E-state index in [0.29, 0.717) is 36.0 Å². The van der Waals surface area contributed by atoms with Crippen LogP contribution in [0.25, 0.3) is 22.3 Å². The van der Waals surface area contributed by atoms with Gasteiger partial charge in [0.15, 0.2) is 5.82 Å². The van der Waals surface area contributed by atoms with Gasteiger partial charge in [-0.15, -0.1) is 0 Å². The summed E-state index contributed by atoms with van der Waals surface area (Å²) in [5.41, 5.74) is 3.36. The van der Waals surface area contributed by atoms with Crippen molar-refractivity contribution in [2.45, 2.75) is 0 Å². The number of fused-ring (bicyclic) bond motifs is 1. The minimum absolute atomic E-state index is 0.0994. The van der Waals surface area contributed by atoms with Crippen LogP contribution < -0.4 is 20.3 Å². The number of aromatic nitrogens is 2. The number of methoxy groups -OCH3 is 1. The number of hydrogen-bond acceptors (Lipinski definition) is 7. The SMILES string of the molecule is COc1ccc2c(N3CCOCC3)nc(-c3ccc(NC(=O)Nc4ccc(C(=O)N(C)C)cc4)cc3)nc2c1. The fraction of sp³-hybridized carbons (Fsp3) is 0.241. The van der Waals surface area contributed by atoms with Gasteiger partial charge < -0.3 is 29.9 Å². The Morgan fingerprint density at radius 1 is 0.897 bits per heavy atom. The molecule has 2 heterocycles. The smallest absolute Gasteiger partial charge is 0.323 e. The van der Waals surface area contributed by atoms with Crippen molar-refractivity contribution in [2.75, 3.05) is 63.0 Å². The molecule has 0 aliphatic carbocycles. The molecule has 2 N–H and O–H groups in total. The number of nitrogens with one attached hydrogen (secondary N) is 2. The second-order valence-corrected chi connectivity index (χ2v) is 9.29. The minimum Gasteiger partial charge on any atom is -0.497 e. The number of nitrogens with zero attached hydrogens (tertiary/aromatic N) is 4. The molecule has 3 amide bonds. The average molecular weight is 527 g/mol. The Kier molecular flexibility index (Phi) is 7.55. The third-order valence-electron chi connectivity index (χ3n) is 6.39. The summed E-state index contributed by atoms with van der Waals surface area (Å²) in [4.78, 5) is 38.0. The van der Waals surface area contributed by atoms with Crippen molar-refractivity contribution >= 4 is 40.0 Å². The standard InChI is InChI=1S/C29H30N6O4/c1-34(2)28(36)20-6-10-22(11-7-20)31-29(37)30-21-8-4-19(5-9-21)26-32-25-18-23(38-3)12-13-24(25)27(33-26)35-14-16-39-17-15-35/h4-13,18H,14-17H2,1-3H3,(H2,30,31,37). The van der Waals surface area contributed by atoms with Crippen LogP contribution in [0.1, 0.15) is 10.4 Å². The molecular weight excluding hydrogens is 496 g/mol. The predicted octanol–water partition coefficient (Wildman–Crippen LogP) is 4.49. The number of amides is 3. The molecule has 1 aromatic heterocycles. The van der Waals surface area contributed by atoms with Crippen LogP contribution in [0.4, 0.5) is 22.0 Å². The summed E-state index contributed by atoms with van der Waals surface area (Å²) >= 11 is 0. The second kappa shape index (κ2) is 11.4. The van der Waals surface area contributed by atoms with Gasteiger partial charge in [-0.05, 0) is 60.7 Å². The summed E-state index contributed by atoms with van der Waals surface area (Å²) in [6.45, 7) is 2.81. The van der Waals surface area contributed by atoms with Gasteiger partial charge >= 0.3 is 6.03 Å². The van der Waals surface area contributed by atoms with E-state index in [2.05, 4.69) is 15.5 Å². The lowest BCUT2D eigenvalue weighted by molar-refractivity contribution is 0.0827. The van der Waals surface area contributed by atoms with E-state index >= 15 is 0 Å². The number of carbonyl (C=O) groups excluding carboxylic acids is 2. The number of benzene rings is 3. The molecule has 0 saturated carbocycles. The van der Waals surface area contributed by atoms with Gasteiger partial charge in [0.05, 0.1) is 25.8 Å². The zero-order valence-corrected chi connectivity index (χ0v) is 22.1. The lowest BCUT2D eigenvalue weighted by atomic mass is 10.1. The molecule has 1 aliphatic rings. The van der Waals surface area contributed by atoms with Crippen molar-refractivity contribution in [1.29, 1.82) is 0 Å². The molecular formula is C29H30N6O4. The van der Waals surface area contributed by atoms with Crippen LogP contribution in [-0.2, 0) is 4.74 Å². The van der Waals surface area contributed by atoms with E-state index in [1.807, 2.05) is 30.3 Å². The maximum atomic E-state index is 12.5. The molecule has 10 heteroatoms. The zero-order chi connectivity index (χ0) is 27.4. The number of anilines is 3. The summed E-state index contributed by atoms with van der Waals surface area (Å²) in [6.07, 6.45) is 0. The molecule has 10 nitrogen and oxygen atoms in total. The van der Waals surface area contributed by atoms with Crippen LogP contribution in [0.3, 0.4) is 0 Å². The molecule has 3 aromatic carbocycles. The van der Waals surface area contributed by atoms with Crippen molar-refractivity contribution in [3.8, 4) is 17.1 Å². The molecule has 200 valence electrons. The first-order valence-electron chi connectivity index (χ1n) is 12.6. The third kappa shape index (κ3) is 5.91. The molecule has 1 aliphatic heterocycles. The Bertz CT molecular complexity index is 1480. The number of ether oxygens (including phenoxy) is 2. The maximum Gasteiger partial charge on any atom is 0.323 e. The fourth-order valence-electron chi connectivity index (χ4n) is 4.32. The largest absolute Gasteiger partial charge is 0.497 e. The lowest BCUT2D eigenvalue weighted by Gasteiger charge is -2.29. The van der Waals surface area contributed by atoms with Crippen molar-refractivity contribution in [2.24, 2.45) is 0 Å². The minimum atomic E-state index is -0.391.